The molecule has 0 N–H and O–H groups in total. The lowest BCUT2D eigenvalue weighted by Gasteiger charge is -2.34. The first kappa shape index (κ1) is 27.5. The van der Waals surface area contributed by atoms with E-state index in [-0.39, 0.29) is 5.41 Å². The van der Waals surface area contributed by atoms with Crippen LogP contribution in [0.2, 0.25) is 0 Å². The van der Waals surface area contributed by atoms with Crippen LogP contribution in [0.4, 0.5) is 17.1 Å². The number of hydrogen-bond donors (Lipinski definition) is 0. The van der Waals surface area contributed by atoms with Crippen molar-refractivity contribution in [3.63, 3.8) is 0 Å². The first-order valence-corrected chi connectivity index (χ1v) is 16.4. The van der Waals surface area contributed by atoms with Crippen LogP contribution in [0.25, 0.3) is 49.7 Å². The van der Waals surface area contributed by atoms with E-state index in [0.29, 0.717) is 0 Å². The van der Waals surface area contributed by atoms with Crippen LogP contribution in [-0.2, 0) is 5.41 Å². The van der Waals surface area contributed by atoms with E-state index < -0.39 is 0 Å². The molecule has 1 aliphatic heterocycles. The maximum Gasteiger partial charge on any atom is 0.0582 e. The van der Waals surface area contributed by atoms with E-state index in [2.05, 4.69) is 193 Å². The Hall–Kier alpha value is -5.86. The van der Waals surface area contributed by atoms with Crippen molar-refractivity contribution in [3.05, 3.63) is 181 Å². The molecule has 2 heteroatoms. The Kier molecular flexibility index (Phi) is 6.20. The molecule has 47 heavy (non-hydrogen) atoms. The summed E-state index contributed by atoms with van der Waals surface area (Å²) in [5.41, 5.74) is 14.6. The number of hydrogen-bond acceptors (Lipinski definition) is 1. The van der Waals surface area contributed by atoms with Crippen LogP contribution in [-0.4, -0.2) is 4.57 Å². The van der Waals surface area contributed by atoms with Crippen molar-refractivity contribution in [2.75, 3.05) is 4.90 Å². The van der Waals surface area contributed by atoms with Crippen molar-refractivity contribution >= 4 is 38.9 Å². The zero-order chi connectivity index (χ0) is 31.5. The standard InChI is InChI=1S/C45H34N2/c1-45(2)38-23-11-14-27-43(38)47-42-29-28-33(30-37(42)36-22-15-24-39(45)44(36)47)46(40-25-12-9-20-34(40)31-16-5-3-6-17-31)41-26-13-10-21-35(41)32-18-7-4-8-19-32/h3-30H,1-2H3. The van der Waals surface area contributed by atoms with Crippen LogP contribution in [0.15, 0.2) is 170 Å². The van der Waals surface area contributed by atoms with E-state index in [1.165, 1.54) is 60.9 Å². The summed E-state index contributed by atoms with van der Waals surface area (Å²) < 4.78 is 2.49. The van der Waals surface area contributed by atoms with Crippen molar-refractivity contribution in [1.29, 1.82) is 0 Å². The molecular formula is C45H34N2. The monoisotopic (exact) mass is 602 g/mol. The van der Waals surface area contributed by atoms with Gasteiger partial charge in [-0.05, 0) is 58.7 Å². The van der Waals surface area contributed by atoms with Gasteiger partial charge in [-0.1, -0.05) is 147 Å². The zero-order valence-electron chi connectivity index (χ0n) is 26.6. The smallest absolute Gasteiger partial charge is 0.0582 e. The highest BCUT2D eigenvalue weighted by atomic mass is 15.1. The minimum atomic E-state index is -0.0986. The Balaban J connectivity index is 1.35. The Labute approximate surface area is 275 Å². The molecule has 0 fully saturated rings. The Morgan fingerprint density at radius 2 is 1.02 bits per heavy atom. The molecule has 0 saturated heterocycles. The van der Waals surface area contributed by atoms with E-state index >= 15 is 0 Å². The highest BCUT2D eigenvalue weighted by Gasteiger charge is 2.35. The number of nitrogens with zero attached hydrogens (tertiary/aromatic N) is 2. The van der Waals surface area contributed by atoms with Crippen LogP contribution in [0.3, 0.4) is 0 Å². The van der Waals surface area contributed by atoms with E-state index in [4.69, 9.17) is 0 Å². The number of anilines is 3. The normalized spacial score (nSPS) is 13.1. The molecule has 2 heterocycles. The molecule has 0 amide bonds. The molecule has 2 nitrogen and oxygen atoms in total. The van der Waals surface area contributed by atoms with Crippen LogP contribution < -0.4 is 4.90 Å². The van der Waals surface area contributed by atoms with Gasteiger partial charge >= 0.3 is 0 Å². The van der Waals surface area contributed by atoms with Gasteiger partial charge in [0.1, 0.15) is 0 Å². The van der Waals surface area contributed by atoms with Gasteiger partial charge in [0, 0.05) is 33.0 Å². The number of para-hydroxylation sites is 4. The second kappa shape index (κ2) is 10.6. The van der Waals surface area contributed by atoms with Crippen LogP contribution in [0.5, 0.6) is 0 Å². The summed E-state index contributed by atoms with van der Waals surface area (Å²) in [6, 6.07) is 61.8. The predicted molar refractivity (Wildman–Crippen MR) is 198 cm³/mol. The lowest BCUT2D eigenvalue weighted by Crippen LogP contribution is -2.26. The minimum absolute atomic E-state index is 0.0986. The van der Waals surface area contributed by atoms with Gasteiger partial charge in [-0.3, -0.25) is 0 Å². The Morgan fingerprint density at radius 3 is 1.68 bits per heavy atom. The molecule has 1 aromatic heterocycles. The predicted octanol–water partition coefficient (Wildman–Crippen LogP) is 12.2. The van der Waals surface area contributed by atoms with Gasteiger partial charge in [-0.25, -0.2) is 0 Å². The van der Waals surface area contributed by atoms with Crippen LogP contribution >= 0.6 is 0 Å². The van der Waals surface area contributed by atoms with E-state index in [1.54, 1.807) is 0 Å². The fraction of sp³-hybridized carbons (Fsp3) is 0.0667. The van der Waals surface area contributed by atoms with Gasteiger partial charge in [-0.15, -0.1) is 0 Å². The maximum absolute atomic E-state index is 2.49. The highest BCUT2D eigenvalue weighted by Crippen LogP contribution is 2.50. The molecule has 0 radical (unpaired) electrons. The summed E-state index contributed by atoms with van der Waals surface area (Å²) in [7, 11) is 0. The zero-order valence-corrected chi connectivity index (χ0v) is 26.6. The minimum Gasteiger partial charge on any atom is -0.309 e. The first-order chi connectivity index (χ1) is 23.1. The molecule has 1 aliphatic rings. The fourth-order valence-electron chi connectivity index (χ4n) is 7.76. The highest BCUT2D eigenvalue weighted by molar-refractivity contribution is 6.13. The largest absolute Gasteiger partial charge is 0.309 e. The molecule has 7 aromatic carbocycles. The van der Waals surface area contributed by atoms with Gasteiger partial charge in [0.05, 0.1) is 28.1 Å². The Morgan fingerprint density at radius 1 is 0.468 bits per heavy atom. The van der Waals surface area contributed by atoms with Crippen molar-refractivity contribution < 1.29 is 0 Å². The SMILES string of the molecule is CC1(C)c2ccccc2-n2c3ccc(N(c4ccccc4-c4ccccc4)c4ccccc4-c4ccccc4)cc3c3cccc1c32. The quantitative estimate of drug-likeness (QED) is 0.190. The third-order valence-corrected chi connectivity index (χ3v) is 9.98. The number of benzene rings is 7. The van der Waals surface area contributed by atoms with Crippen LogP contribution in [0.1, 0.15) is 25.0 Å². The van der Waals surface area contributed by atoms with E-state index in [9.17, 15) is 0 Å². The van der Waals surface area contributed by atoms with E-state index in [0.717, 1.165) is 17.1 Å². The summed E-state index contributed by atoms with van der Waals surface area (Å²) in [6.45, 7) is 4.71. The fourth-order valence-corrected chi connectivity index (χ4v) is 7.76. The molecule has 8 aromatic rings. The molecule has 9 rings (SSSR count). The van der Waals surface area contributed by atoms with Gasteiger partial charge < -0.3 is 9.47 Å². The van der Waals surface area contributed by atoms with E-state index in [1.807, 2.05) is 0 Å². The third-order valence-electron chi connectivity index (χ3n) is 9.98. The van der Waals surface area contributed by atoms with Gasteiger partial charge in [0.25, 0.3) is 0 Å². The maximum atomic E-state index is 2.49. The average molecular weight is 603 g/mol. The van der Waals surface area contributed by atoms with Crippen LogP contribution in [0, 0.1) is 0 Å². The third kappa shape index (κ3) is 4.18. The van der Waals surface area contributed by atoms with Crippen molar-refractivity contribution in [2.24, 2.45) is 0 Å². The molecule has 0 spiro atoms. The number of aromatic nitrogens is 1. The average Bonchev–Trinajstić information content (AvgIpc) is 3.46. The first-order valence-electron chi connectivity index (χ1n) is 16.4. The van der Waals surface area contributed by atoms with Crippen molar-refractivity contribution in [2.45, 2.75) is 19.3 Å². The lowest BCUT2D eigenvalue weighted by molar-refractivity contribution is 0.630. The topological polar surface area (TPSA) is 8.17 Å². The summed E-state index contributed by atoms with van der Waals surface area (Å²) in [5.74, 6) is 0. The summed E-state index contributed by atoms with van der Waals surface area (Å²) >= 11 is 0. The molecule has 0 bridgehead atoms. The van der Waals surface area contributed by atoms with Gasteiger partial charge in [-0.2, -0.15) is 0 Å². The molecule has 224 valence electrons. The summed E-state index contributed by atoms with van der Waals surface area (Å²) in [4.78, 5) is 2.45. The van der Waals surface area contributed by atoms with Crippen molar-refractivity contribution in [3.8, 4) is 27.9 Å². The molecule has 0 atom stereocenters. The van der Waals surface area contributed by atoms with Gasteiger partial charge in [0.2, 0.25) is 0 Å². The molecule has 0 saturated carbocycles. The van der Waals surface area contributed by atoms with Crippen molar-refractivity contribution in [1.82, 2.24) is 4.57 Å². The molecule has 0 unspecified atom stereocenters. The van der Waals surface area contributed by atoms with Gasteiger partial charge in [0.15, 0.2) is 0 Å². The second-order valence-corrected chi connectivity index (χ2v) is 13.0. The summed E-state index contributed by atoms with van der Waals surface area (Å²) in [6.07, 6.45) is 0. The molecule has 0 aliphatic carbocycles. The second-order valence-electron chi connectivity index (χ2n) is 13.0. The summed E-state index contributed by atoms with van der Waals surface area (Å²) in [5, 5.41) is 2.54. The number of rotatable bonds is 5. The number of fused-ring (bicyclic) bond motifs is 5. The Bertz CT molecular complexity index is 2350. The molecular weight excluding hydrogens is 569 g/mol. The lowest BCUT2D eigenvalue weighted by atomic mass is 9.75.